The number of hydrogen-bond acceptors (Lipinski definition) is 4. The van der Waals surface area contributed by atoms with E-state index in [9.17, 15) is 9.18 Å². The number of amides is 1. The lowest BCUT2D eigenvalue weighted by Gasteiger charge is -2.36. The van der Waals surface area contributed by atoms with Crippen molar-refractivity contribution in [2.45, 2.75) is 19.4 Å². The minimum Gasteiger partial charge on any atom is -0.336 e. The second-order valence-electron chi connectivity index (χ2n) is 9.28. The molecule has 2 aromatic carbocycles. The highest BCUT2D eigenvalue weighted by molar-refractivity contribution is 5.94. The molecule has 174 valence electrons. The molecule has 4 rings (SSSR count). The van der Waals surface area contributed by atoms with E-state index in [4.69, 9.17) is 0 Å². The van der Waals surface area contributed by atoms with Gasteiger partial charge in [0.05, 0.1) is 5.52 Å². The van der Waals surface area contributed by atoms with E-state index in [1.807, 2.05) is 67.5 Å². The van der Waals surface area contributed by atoms with Gasteiger partial charge in [-0.3, -0.25) is 9.69 Å². The van der Waals surface area contributed by atoms with E-state index >= 15 is 0 Å². The lowest BCUT2D eigenvalue weighted by molar-refractivity contribution is 0.0655. The van der Waals surface area contributed by atoms with Crippen LogP contribution in [0.25, 0.3) is 10.9 Å². The molecule has 1 aromatic heterocycles. The fourth-order valence-electron chi connectivity index (χ4n) is 4.57. The Morgan fingerprint density at radius 3 is 2.67 bits per heavy atom. The summed E-state index contributed by atoms with van der Waals surface area (Å²) in [6.45, 7) is 4.58. The van der Waals surface area contributed by atoms with E-state index in [2.05, 4.69) is 14.8 Å². The lowest BCUT2D eigenvalue weighted by Crippen LogP contribution is -2.44. The molecule has 1 amide bonds. The maximum absolute atomic E-state index is 14.1. The van der Waals surface area contributed by atoms with Crippen LogP contribution < -0.4 is 0 Å². The van der Waals surface area contributed by atoms with Gasteiger partial charge in [0.1, 0.15) is 11.5 Å². The number of hydrogen-bond donors (Lipinski definition) is 0. The van der Waals surface area contributed by atoms with Crippen LogP contribution in [0.3, 0.4) is 0 Å². The monoisotopic (exact) mass is 448 g/mol. The van der Waals surface area contributed by atoms with Crippen molar-refractivity contribution in [1.29, 1.82) is 0 Å². The van der Waals surface area contributed by atoms with E-state index in [-0.39, 0.29) is 11.7 Å². The first-order chi connectivity index (χ1) is 16.0. The molecule has 6 heteroatoms. The Hall–Kier alpha value is -2.83. The summed E-state index contributed by atoms with van der Waals surface area (Å²) in [5.74, 6) is 0.190. The quantitative estimate of drug-likeness (QED) is 0.515. The van der Waals surface area contributed by atoms with Crippen molar-refractivity contribution in [2.75, 3.05) is 46.8 Å². The highest BCUT2D eigenvalue weighted by Gasteiger charge is 2.26. The van der Waals surface area contributed by atoms with Crippen molar-refractivity contribution in [2.24, 2.45) is 5.92 Å². The number of nitrogens with zero attached hydrogens (tertiary/aromatic N) is 4. The van der Waals surface area contributed by atoms with Gasteiger partial charge in [-0.15, -0.1) is 0 Å². The average molecular weight is 449 g/mol. The molecule has 0 bridgehead atoms. The van der Waals surface area contributed by atoms with Crippen molar-refractivity contribution < 1.29 is 9.18 Å². The van der Waals surface area contributed by atoms with Gasteiger partial charge in [0.25, 0.3) is 5.91 Å². The molecule has 0 N–H and O–H groups in total. The molecule has 0 radical (unpaired) electrons. The van der Waals surface area contributed by atoms with Crippen LogP contribution in [0.1, 0.15) is 28.9 Å². The number of aromatic nitrogens is 1. The number of para-hydroxylation sites is 1. The second-order valence-corrected chi connectivity index (χ2v) is 9.28. The number of pyridine rings is 1. The number of fused-ring (bicyclic) bond motifs is 1. The van der Waals surface area contributed by atoms with E-state index < -0.39 is 0 Å². The predicted octanol–water partition coefficient (Wildman–Crippen LogP) is 4.29. The number of carbonyl (C=O) groups is 1. The highest BCUT2D eigenvalue weighted by Crippen LogP contribution is 2.22. The molecule has 33 heavy (non-hydrogen) atoms. The molecule has 5 nitrogen and oxygen atoms in total. The molecule has 0 saturated carbocycles. The van der Waals surface area contributed by atoms with Gasteiger partial charge < -0.3 is 9.80 Å². The maximum Gasteiger partial charge on any atom is 0.272 e. The van der Waals surface area contributed by atoms with Crippen molar-refractivity contribution in [3.63, 3.8) is 0 Å². The first kappa shape index (κ1) is 23.3. The van der Waals surface area contributed by atoms with Gasteiger partial charge in [-0.25, -0.2) is 9.37 Å². The SMILES string of the molecule is CN(C)CCN(C[C@H]1CCCN(Cc2ccccc2F)C1)C(=O)c1ccc2ccccc2n1. The first-order valence-electron chi connectivity index (χ1n) is 11.7. The Labute approximate surface area is 195 Å². The van der Waals surface area contributed by atoms with Crippen LogP contribution in [0.5, 0.6) is 0 Å². The third-order valence-electron chi connectivity index (χ3n) is 6.36. The Morgan fingerprint density at radius 2 is 1.85 bits per heavy atom. The maximum atomic E-state index is 14.1. The molecular formula is C27H33FN4O. The molecule has 1 saturated heterocycles. The third kappa shape index (κ3) is 6.15. The standard InChI is InChI=1S/C27H33FN4O/c1-30(2)16-17-32(27(33)26-14-13-22-9-4-6-12-25(22)29-26)19-21-8-7-15-31(18-21)20-23-10-3-5-11-24(23)28/h3-6,9-14,21H,7-8,15-20H2,1-2H3/t21-/m0/s1. The number of rotatable bonds is 8. The topological polar surface area (TPSA) is 39.7 Å². The van der Waals surface area contributed by atoms with Gasteiger partial charge in [0, 0.05) is 43.7 Å². The molecule has 3 aromatic rings. The van der Waals surface area contributed by atoms with Crippen LogP contribution >= 0.6 is 0 Å². The van der Waals surface area contributed by atoms with E-state index in [1.54, 1.807) is 6.07 Å². The smallest absolute Gasteiger partial charge is 0.272 e. The number of likely N-dealkylation sites (tertiary alicyclic amines) is 1. The Bertz CT molecular complexity index is 1090. The molecule has 0 unspecified atom stereocenters. The van der Waals surface area contributed by atoms with Crippen molar-refractivity contribution in [1.82, 2.24) is 19.7 Å². The normalized spacial score (nSPS) is 16.9. The van der Waals surface area contributed by atoms with Crippen molar-refractivity contribution in [3.8, 4) is 0 Å². The zero-order valence-corrected chi connectivity index (χ0v) is 19.6. The number of likely N-dealkylation sites (N-methyl/N-ethyl adjacent to an activating group) is 1. The van der Waals surface area contributed by atoms with Crippen LogP contribution in [0, 0.1) is 11.7 Å². The van der Waals surface area contributed by atoms with Crippen LogP contribution in [0.4, 0.5) is 4.39 Å². The van der Waals surface area contributed by atoms with Crippen LogP contribution in [-0.2, 0) is 6.54 Å². The molecule has 1 atom stereocenters. The largest absolute Gasteiger partial charge is 0.336 e. The second kappa shape index (κ2) is 10.9. The van der Waals surface area contributed by atoms with Gasteiger partial charge in [0.15, 0.2) is 0 Å². The molecular weight excluding hydrogens is 415 g/mol. The number of carbonyl (C=O) groups excluding carboxylic acids is 1. The van der Waals surface area contributed by atoms with E-state index in [0.29, 0.717) is 31.2 Å². The lowest BCUT2D eigenvalue weighted by atomic mass is 9.96. The van der Waals surface area contributed by atoms with Crippen molar-refractivity contribution in [3.05, 3.63) is 77.7 Å². The Balaban J connectivity index is 1.46. The molecule has 1 aliphatic rings. The van der Waals surface area contributed by atoms with Crippen LogP contribution in [0.15, 0.2) is 60.7 Å². The van der Waals surface area contributed by atoms with Gasteiger partial charge in [-0.05, 0) is 57.6 Å². The number of benzene rings is 2. The summed E-state index contributed by atoms with van der Waals surface area (Å²) in [4.78, 5) is 24.5. The van der Waals surface area contributed by atoms with E-state index in [0.717, 1.165) is 48.9 Å². The number of piperidine rings is 1. The Kier molecular flexibility index (Phi) is 7.68. The van der Waals surface area contributed by atoms with Crippen LogP contribution in [0.2, 0.25) is 0 Å². The van der Waals surface area contributed by atoms with Gasteiger partial charge in [-0.1, -0.05) is 42.5 Å². The van der Waals surface area contributed by atoms with E-state index in [1.165, 1.54) is 6.07 Å². The van der Waals surface area contributed by atoms with Crippen molar-refractivity contribution >= 4 is 16.8 Å². The summed E-state index contributed by atoms with van der Waals surface area (Å²) in [6, 6.07) is 18.7. The minimum absolute atomic E-state index is 0.0196. The zero-order valence-electron chi connectivity index (χ0n) is 19.6. The predicted molar refractivity (Wildman–Crippen MR) is 131 cm³/mol. The third-order valence-corrected chi connectivity index (χ3v) is 6.36. The summed E-state index contributed by atoms with van der Waals surface area (Å²) in [5.41, 5.74) is 2.06. The summed E-state index contributed by atoms with van der Waals surface area (Å²) in [6.07, 6.45) is 2.13. The summed E-state index contributed by atoms with van der Waals surface area (Å²) >= 11 is 0. The van der Waals surface area contributed by atoms with Gasteiger partial charge >= 0.3 is 0 Å². The summed E-state index contributed by atoms with van der Waals surface area (Å²) in [5, 5.41) is 1.03. The molecule has 2 heterocycles. The average Bonchev–Trinajstić information content (AvgIpc) is 2.82. The summed E-state index contributed by atoms with van der Waals surface area (Å²) < 4.78 is 14.1. The fraction of sp³-hybridized carbons (Fsp3) is 0.407. The van der Waals surface area contributed by atoms with Gasteiger partial charge in [0.2, 0.25) is 0 Å². The first-order valence-corrected chi connectivity index (χ1v) is 11.7. The van der Waals surface area contributed by atoms with Crippen LogP contribution in [-0.4, -0.2) is 72.4 Å². The highest BCUT2D eigenvalue weighted by atomic mass is 19.1. The summed E-state index contributed by atoms with van der Waals surface area (Å²) in [7, 11) is 4.04. The molecule has 0 aliphatic carbocycles. The molecule has 1 fully saturated rings. The molecule has 1 aliphatic heterocycles. The number of halogens is 1. The zero-order chi connectivity index (χ0) is 23.2. The Morgan fingerprint density at radius 1 is 1.06 bits per heavy atom. The fourth-order valence-corrected chi connectivity index (χ4v) is 4.57. The van der Waals surface area contributed by atoms with Gasteiger partial charge in [-0.2, -0.15) is 0 Å². The molecule has 0 spiro atoms. The minimum atomic E-state index is -0.148.